The molecule has 0 aromatic carbocycles. The molecule has 0 amide bonds. The van der Waals surface area contributed by atoms with Gasteiger partial charge >= 0.3 is 5.97 Å². The summed E-state index contributed by atoms with van der Waals surface area (Å²) in [6.45, 7) is 2.88. The lowest BCUT2D eigenvalue weighted by Crippen LogP contribution is -2.30. The SMILES string of the molecule is CC(C1CC1)N(C)Cc1cc(C(=O)O)co1. The van der Waals surface area contributed by atoms with Crippen molar-refractivity contribution < 1.29 is 14.3 Å². The molecule has 1 N–H and O–H groups in total. The molecule has 1 aliphatic carbocycles. The summed E-state index contributed by atoms with van der Waals surface area (Å²) in [5.41, 5.74) is 0.225. The molecule has 1 atom stereocenters. The van der Waals surface area contributed by atoms with Gasteiger partial charge in [0.1, 0.15) is 12.0 Å². The van der Waals surface area contributed by atoms with E-state index in [-0.39, 0.29) is 5.56 Å². The topological polar surface area (TPSA) is 53.7 Å². The molecule has 0 bridgehead atoms. The first-order valence-corrected chi connectivity index (χ1v) is 5.59. The zero-order chi connectivity index (χ0) is 11.7. The van der Waals surface area contributed by atoms with E-state index in [1.54, 1.807) is 6.07 Å². The smallest absolute Gasteiger partial charge is 0.338 e. The van der Waals surface area contributed by atoms with Crippen molar-refractivity contribution in [2.24, 2.45) is 5.92 Å². The van der Waals surface area contributed by atoms with Crippen molar-refractivity contribution in [3.05, 3.63) is 23.7 Å². The molecule has 4 nitrogen and oxygen atoms in total. The van der Waals surface area contributed by atoms with E-state index >= 15 is 0 Å². The maximum Gasteiger partial charge on any atom is 0.338 e. The maximum atomic E-state index is 10.7. The number of carboxylic acids is 1. The minimum atomic E-state index is -0.937. The number of hydrogen-bond donors (Lipinski definition) is 1. The molecule has 16 heavy (non-hydrogen) atoms. The molecular weight excluding hydrogens is 206 g/mol. The van der Waals surface area contributed by atoms with Gasteiger partial charge in [0.15, 0.2) is 0 Å². The van der Waals surface area contributed by atoms with Crippen LogP contribution in [0, 0.1) is 5.92 Å². The summed E-state index contributed by atoms with van der Waals surface area (Å²) >= 11 is 0. The van der Waals surface area contributed by atoms with Crippen LogP contribution in [0.5, 0.6) is 0 Å². The maximum absolute atomic E-state index is 10.7. The number of carboxylic acid groups (broad SMARTS) is 1. The van der Waals surface area contributed by atoms with Crippen LogP contribution in [0.15, 0.2) is 16.7 Å². The summed E-state index contributed by atoms with van der Waals surface area (Å²) < 4.78 is 5.22. The molecule has 88 valence electrons. The van der Waals surface area contributed by atoms with E-state index < -0.39 is 5.97 Å². The molecule has 0 saturated heterocycles. The minimum absolute atomic E-state index is 0.225. The van der Waals surface area contributed by atoms with E-state index in [4.69, 9.17) is 9.52 Å². The normalized spacial score (nSPS) is 17.7. The average Bonchev–Trinajstić information content (AvgIpc) is 2.97. The van der Waals surface area contributed by atoms with Gasteiger partial charge in [-0.1, -0.05) is 0 Å². The molecule has 1 saturated carbocycles. The van der Waals surface area contributed by atoms with Crippen molar-refractivity contribution in [2.45, 2.75) is 32.4 Å². The fourth-order valence-corrected chi connectivity index (χ4v) is 1.90. The summed E-state index contributed by atoms with van der Waals surface area (Å²) in [5.74, 6) is 0.583. The van der Waals surface area contributed by atoms with Crippen LogP contribution < -0.4 is 0 Å². The predicted octanol–water partition coefficient (Wildman–Crippen LogP) is 2.21. The quantitative estimate of drug-likeness (QED) is 0.831. The summed E-state index contributed by atoms with van der Waals surface area (Å²) in [6.07, 6.45) is 3.92. The molecule has 0 radical (unpaired) electrons. The molecule has 4 heteroatoms. The number of rotatable bonds is 5. The van der Waals surface area contributed by atoms with E-state index in [2.05, 4.69) is 11.8 Å². The first-order chi connectivity index (χ1) is 7.58. The van der Waals surface area contributed by atoms with E-state index in [1.807, 2.05) is 7.05 Å². The molecule has 1 aromatic rings. The average molecular weight is 223 g/mol. The van der Waals surface area contributed by atoms with Crippen LogP contribution in [-0.2, 0) is 6.54 Å². The van der Waals surface area contributed by atoms with Gasteiger partial charge in [0.05, 0.1) is 12.1 Å². The molecule has 0 aliphatic heterocycles. The number of nitrogens with zero attached hydrogens (tertiary/aromatic N) is 1. The first-order valence-electron chi connectivity index (χ1n) is 5.59. The summed E-state index contributed by atoms with van der Waals surface area (Å²) in [7, 11) is 2.05. The van der Waals surface area contributed by atoms with Crippen LogP contribution in [0.1, 0.15) is 35.9 Å². The monoisotopic (exact) mass is 223 g/mol. The summed E-state index contributed by atoms with van der Waals surface area (Å²) in [6, 6.07) is 2.14. The first kappa shape index (κ1) is 11.2. The minimum Gasteiger partial charge on any atom is -0.478 e. The molecule has 1 aliphatic rings. The second kappa shape index (κ2) is 4.29. The molecule has 1 aromatic heterocycles. The van der Waals surface area contributed by atoms with Crippen molar-refractivity contribution in [1.29, 1.82) is 0 Å². The van der Waals surface area contributed by atoms with Gasteiger partial charge in [-0.15, -0.1) is 0 Å². The summed E-state index contributed by atoms with van der Waals surface area (Å²) in [5, 5.41) is 8.77. The highest BCUT2D eigenvalue weighted by Gasteiger charge is 2.30. The van der Waals surface area contributed by atoms with Gasteiger partial charge in [-0.25, -0.2) is 4.79 Å². The third-order valence-electron chi connectivity index (χ3n) is 3.31. The molecule has 1 unspecified atom stereocenters. The zero-order valence-corrected chi connectivity index (χ0v) is 9.64. The Bertz CT molecular complexity index is 381. The fraction of sp³-hybridized carbons (Fsp3) is 0.583. The van der Waals surface area contributed by atoms with Gasteiger partial charge < -0.3 is 9.52 Å². The second-order valence-corrected chi connectivity index (χ2v) is 4.60. The molecule has 1 heterocycles. The summed E-state index contributed by atoms with van der Waals surface area (Å²) in [4.78, 5) is 12.9. The van der Waals surface area contributed by atoms with E-state index in [0.717, 1.165) is 5.92 Å². The zero-order valence-electron chi connectivity index (χ0n) is 9.64. The molecule has 1 fully saturated rings. The van der Waals surface area contributed by atoms with Crippen LogP contribution >= 0.6 is 0 Å². The number of aromatic carboxylic acids is 1. The van der Waals surface area contributed by atoms with E-state index in [0.29, 0.717) is 18.3 Å². The Kier molecular flexibility index (Phi) is 3.01. The van der Waals surface area contributed by atoms with Crippen molar-refractivity contribution in [3.63, 3.8) is 0 Å². The lowest BCUT2D eigenvalue weighted by atomic mass is 10.2. The number of hydrogen-bond acceptors (Lipinski definition) is 3. The van der Waals surface area contributed by atoms with Crippen LogP contribution in [0.25, 0.3) is 0 Å². The standard InChI is InChI=1S/C12H17NO3/c1-8(9-3-4-9)13(2)6-11-5-10(7-16-11)12(14)15/h5,7-9H,3-4,6H2,1-2H3,(H,14,15). The highest BCUT2D eigenvalue weighted by Crippen LogP contribution is 2.35. The second-order valence-electron chi connectivity index (χ2n) is 4.60. The third kappa shape index (κ3) is 2.44. The van der Waals surface area contributed by atoms with E-state index in [1.165, 1.54) is 19.1 Å². The van der Waals surface area contributed by atoms with Crippen molar-refractivity contribution in [3.8, 4) is 0 Å². The predicted molar refractivity (Wildman–Crippen MR) is 59.3 cm³/mol. The highest BCUT2D eigenvalue weighted by molar-refractivity contribution is 5.87. The Balaban J connectivity index is 1.94. The van der Waals surface area contributed by atoms with Gasteiger partial charge in [0.2, 0.25) is 0 Å². The van der Waals surface area contributed by atoms with Crippen LogP contribution in [-0.4, -0.2) is 29.1 Å². The largest absolute Gasteiger partial charge is 0.478 e. The van der Waals surface area contributed by atoms with Crippen LogP contribution in [0.4, 0.5) is 0 Å². The Labute approximate surface area is 94.9 Å². The lowest BCUT2D eigenvalue weighted by molar-refractivity contribution is 0.0696. The molecular formula is C12H17NO3. The number of carbonyl (C=O) groups is 1. The van der Waals surface area contributed by atoms with Gasteiger partial charge in [0.25, 0.3) is 0 Å². The Morgan fingerprint density at radius 3 is 2.88 bits per heavy atom. The van der Waals surface area contributed by atoms with Crippen molar-refractivity contribution in [2.75, 3.05) is 7.05 Å². The van der Waals surface area contributed by atoms with E-state index in [9.17, 15) is 4.79 Å². The van der Waals surface area contributed by atoms with Gasteiger partial charge in [-0.05, 0) is 38.8 Å². The number of furan rings is 1. The third-order valence-corrected chi connectivity index (χ3v) is 3.31. The molecule has 0 spiro atoms. The van der Waals surface area contributed by atoms with Gasteiger partial charge in [-0.2, -0.15) is 0 Å². The Morgan fingerprint density at radius 1 is 1.69 bits per heavy atom. The van der Waals surface area contributed by atoms with Crippen molar-refractivity contribution >= 4 is 5.97 Å². The Morgan fingerprint density at radius 2 is 2.38 bits per heavy atom. The Hall–Kier alpha value is -1.29. The van der Waals surface area contributed by atoms with Gasteiger partial charge in [-0.3, -0.25) is 4.90 Å². The molecule has 2 rings (SSSR count). The van der Waals surface area contributed by atoms with Crippen molar-refractivity contribution in [1.82, 2.24) is 4.90 Å². The fourth-order valence-electron chi connectivity index (χ4n) is 1.90. The van der Waals surface area contributed by atoms with Crippen LogP contribution in [0.3, 0.4) is 0 Å². The highest BCUT2D eigenvalue weighted by atomic mass is 16.4. The van der Waals surface area contributed by atoms with Crippen LogP contribution in [0.2, 0.25) is 0 Å². The van der Waals surface area contributed by atoms with Gasteiger partial charge in [0, 0.05) is 6.04 Å². The lowest BCUT2D eigenvalue weighted by Gasteiger charge is -2.23.